The van der Waals surface area contributed by atoms with Crippen LogP contribution in [0.15, 0.2) is 0 Å². The summed E-state index contributed by atoms with van der Waals surface area (Å²) < 4.78 is 30.5. The van der Waals surface area contributed by atoms with Crippen LogP contribution in [-0.2, 0) is 38.1 Å². The minimum Gasteiger partial charge on any atom is -0.459 e. The van der Waals surface area contributed by atoms with Gasteiger partial charge in [0.15, 0.2) is 12.1 Å². The second-order valence-electron chi connectivity index (χ2n) is 13.7. The van der Waals surface area contributed by atoms with E-state index in [0.717, 1.165) is 0 Å². The smallest absolute Gasteiger partial charge is 0.316 e. The molecule has 0 amide bonds. The van der Waals surface area contributed by atoms with Gasteiger partial charge in [-0.15, -0.1) is 0 Å². The van der Waals surface area contributed by atoms with Gasteiger partial charge in [0.25, 0.3) is 0 Å². The number of rotatable bonds is 8. The van der Waals surface area contributed by atoms with Crippen LogP contribution >= 0.6 is 0 Å². The fraction of sp³-hybridized carbons (Fsp3) is 0.909. The van der Waals surface area contributed by atoms with Gasteiger partial charge in [0.05, 0.1) is 23.9 Å². The molecule has 0 aromatic rings. The first-order chi connectivity index (χ1) is 20.4. The zero-order chi connectivity index (χ0) is 33.7. The predicted molar refractivity (Wildman–Crippen MR) is 165 cm³/mol. The van der Waals surface area contributed by atoms with Crippen molar-refractivity contribution in [1.82, 2.24) is 4.90 Å². The van der Waals surface area contributed by atoms with E-state index in [9.17, 15) is 24.6 Å². The maximum atomic E-state index is 14.0. The molecule has 44 heavy (non-hydrogen) atoms. The SMILES string of the molecule is CCCOC1[C@@H](C)C(=O)[C@H](C)C[C@](C)(OC)[C@H](O[C@@H]2O[C@H](C)C[C@H](N(C)C)[C@H]2O)[C@@H](C)C(=O)[C@@H](C)C(=O)O[C@H](CC)[C@@]1(C)O. The molecule has 2 saturated heterocycles. The van der Waals surface area contributed by atoms with Crippen LogP contribution in [-0.4, -0.2) is 115 Å². The Morgan fingerprint density at radius 3 is 2.09 bits per heavy atom. The molecule has 2 N–H and O–H groups in total. The molecule has 0 aliphatic carbocycles. The number of carbonyl (C=O) groups excluding carboxylic acids is 3. The minimum absolute atomic E-state index is 0.156. The predicted octanol–water partition coefficient (Wildman–Crippen LogP) is 3.16. The molecule has 13 atom stereocenters. The summed E-state index contributed by atoms with van der Waals surface area (Å²) in [4.78, 5) is 43.3. The first kappa shape index (κ1) is 38.7. The molecule has 2 rings (SSSR count). The van der Waals surface area contributed by atoms with Crippen molar-refractivity contribution in [1.29, 1.82) is 0 Å². The Balaban J connectivity index is 2.65. The molecule has 11 heteroatoms. The van der Waals surface area contributed by atoms with Crippen molar-refractivity contribution < 1.29 is 48.3 Å². The van der Waals surface area contributed by atoms with Gasteiger partial charge in [0.1, 0.15) is 29.5 Å². The lowest BCUT2D eigenvalue weighted by molar-refractivity contribution is -0.295. The summed E-state index contributed by atoms with van der Waals surface area (Å²) >= 11 is 0. The highest BCUT2D eigenvalue weighted by Gasteiger charge is 2.52. The van der Waals surface area contributed by atoms with Gasteiger partial charge >= 0.3 is 5.97 Å². The van der Waals surface area contributed by atoms with Gasteiger partial charge in [-0.3, -0.25) is 14.4 Å². The standard InChI is InChI=1S/C33H59NO10/c1-13-15-41-29-20(5)25(35)18(3)17-32(8,40-12)28(44-31-27(37)23(34(10)11)16-19(4)42-31)21(6)26(36)22(7)30(38)43-24(14-2)33(29,9)39/h18-24,27-29,31,37,39H,13-17H2,1-12H3/t18-,19-,20+,21+,22-,23+,24-,27-,28-,29?,31+,32+,33-/m1/s1. The van der Waals surface area contributed by atoms with Gasteiger partial charge in [0.2, 0.25) is 0 Å². The van der Waals surface area contributed by atoms with Crippen LogP contribution in [0.2, 0.25) is 0 Å². The molecule has 2 aliphatic rings. The zero-order valence-electron chi connectivity index (χ0n) is 29.0. The largest absolute Gasteiger partial charge is 0.459 e. The van der Waals surface area contributed by atoms with E-state index in [1.54, 1.807) is 34.6 Å². The molecule has 2 heterocycles. The van der Waals surface area contributed by atoms with Crippen LogP contribution in [0.3, 0.4) is 0 Å². The summed E-state index contributed by atoms with van der Waals surface area (Å²) in [6.45, 7) is 15.8. The molecule has 0 aromatic carbocycles. The lowest BCUT2D eigenvalue weighted by atomic mass is 9.74. The fourth-order valence-electron chi connectivity index (χ4n) is 6.98. The Kier molecular flexibility index (Phi) is 14.0. The van der Waals surface area contributed by atoms with Crippen LogP contribution in [0.5, 0.6) is 0 Å². The lowest BCUT2D eigenvalue weighted by Crippen LogP contribution is -2.60. The highest BCUT2D eigenvalue weighted by molar-refractivity contribution is 6.00. The summed E-state index contributed by atoms with van der Waals surface area (Å²) in [7, 11) is 5.23. The van der Waals surface area contributed by atoms with Crippen LogP contribution in [0.25, 0.3) is 0 Å². The molecule has 0 saturated carbocycles. The number of carbonyl (C=O) groups is 3. The van der Waals surface area contributed by atoms with Gasteiger partial charge in [0, 0.05) is 37.5 Å². The van der Waals surface area contributed by atoms with Crippen molar-refractivity contribution in [3.8, 4) is 0 Å². The van der Waals surface area contributed by atoms with Gasteiger partial charge in [-0.25, -0.2) is 0 Å². The number of methoxy groups -OCH3 is 1. The molecular weight excluding hydrogens is 570 g/mol. The number of aliphatic hydroxyl groups excluding tert-OH is 1. The summed E-state index contributed by atoms with van der Waals surface area (Å²) in [5.74, 6) is -4.89. The minimum atomic E-state index is -1.71. The van der Waals surface area contributed by atoms with Crippen LogP contribution < -0.4 is 0 Å². The Hall–Kier alpha value is -1.47. The highest BCUT2D eigenvalue weighted by atomic mass is 16.7. The fourth-order valence-corrected chi connectivity index (χ4v) is 6.98. The van der Waals surface area contributed by atoms with E-state index in [1.807, 2.05) is 32.8 Å². The van der Waals surface area contributed by atoms with E-state index >= 15 is 0 Å². The Morgan fingerprint density at radius 1 is 0.977 bits per heavy atom. The van der Waals surface area contributed by atoms with E-state index in [4.69, 9.17) is 23.7 Å². The molecule has 0 aromatic heterocycles. The van der Waals surface area contributed by atoms with Crippen molar-refractivity contribution in [2.45, 2.75) is 142 Å². The topological polar surface area (TPSA) is 141 Å². The Morgan fingerprint density at radius 2 is 1.57 bits per heavy atom. The van der Waals surface area contributed by atoms with Gasteiger partial charge in [-0.2, -0.15) is 0 Å². The lowest BCUT2D eigenvalue weighted by Gasteiger charge is -2.47. The van der Waals surface area contributed by atoms with E-state index in [0.29, 0.717) is 19.4 Å². The molecular formula is C33H59NO10. The van der Waals surface area contributed by atoms with Crippen LogP contribution in [0, 0.1) is 23.7 Å². The molecule has 0 radical (unpaired) electrons. The van der Waals surface area contributed by atoms with Crippen molar-refractivity contribution in [3.05, 3.63) is 0 Å². The monoisotopic (exact) mass is 629 g/mol. The molecule has 0 spiro atoms. The normalized spacial score (nSPS) is 43.5. The first-order valence-corrected chi connectivity index (χ1v) is 16.2. The molecule has 11 nitrogen and oxygen atoms in total. The van der Waals surface area contributed by atoms with E-state index in [-0.39, 0.29) is 30.8 Å². The van der Waals surface area contributed by atoms with Crippen LogP contribution in [0.1, 0.15) is 88.0 Å². The average Bonchev–Trinajstić information content (AvgIpc) is 2.97. The number of Topliss-reactive ketones (excluding diaryl/α,β-unsaturated/α-hetero) is 2. The molecule has 2 aliphatic heterocycles. The van der Waals surface area contributed by atoms with Crippen molar-refractivity contribution >= 4 is 17.5 Å². The number of nitrogens with zero attached hydrogens (tertiary/aromatic N) is 1. The molecule has 2 fully saturated rings. The van der Waals surface area contributed by atoms with Gasteiger partial charge < -0.3 is 38.8 Å². The maximum Gasteiger partial charge on any atom is 0.316 e. The second kappa shape index (κ2) is 15.9. The van der Waals surface area contributed by atoms with E-state index in [2.05, 4.69) is 0 Å². The average molecular weight is 630 g/mol. The number of ether oxygens (including phenoxy) is 5. The summed E-state index contributed by atoms with van der Waals surface area (Å²) in [5, 5.41) is 23.0. The van der Waals surface area contributed by atoms with Crippen molar-refractivity contribution in [2.75, 3.05) is 27.8 Å². The Bertz CT molecular complexity index is 972. The Labute approximate surface area is 264 Å². The first-order valence-electron chi connectivity index (χ1n) is 16.2. The third-order valence-electron chi connectivity index (χ3n) is 9.77. The molecule has 1 unspecified atom stereocenters. The summed E-state index contributed by atoms with van der Waals surface area (Å²) in [5.41, 5.74) is -2.93. The number of ketones is 2. The van der Waals surface area contributed by atoms with E-state index < -0.39 is 77.3 Å². The maximum absolute atomic E-state index is 14.0. The number of cyclic esters (lactones) is 1. The highest BCUT2D eigenvalue weighted by Crippen LogP contribution is 2.38. The second-order valence-corrected chi connectivity index (χ2v) is 13.7. The summed E-state index contributed by atoms with van der Waals surface area (Å²) in [6.07, 6.45) is -3.70. The number of hydrogen-bond donors (Lipinski definition) is 2. The van der Waals surface area contributed by atoms with Crippen molar-refractivity contribution in [3.63, 3.8) is 0 Å². The zero-order valence-corrected chi connectivity index (χ0v) is 29.0. The third kappa shape index (κ3) is 8.46. The molecule has 0 bridgehead atoms. The number of esters is 1. The van der Waals surface area contributed by atoms with E-state index in [1.165, 1.54) is 21.0 Å². The van der Waals surface area contributed by atoms with Crippen LogP contribution in [0.4, 0.5) is 0 Å². The number of hydrogen-bond acceptors (Lipinski definition) is 11. The number of aliphatic hydroxyl groups is 2. The van der Waals surface area contributed by atoms with Crippen molar-refractivity contribution in [2.24, 2.45) is 23.7 Å². The third-order valence-corrected chi connectivity index (χ3v) is 9.77. The quantitative estimate of drug-likeness (QED) is 0.302. The van der Waals surface area contributed by atoms with Gasteiger partial charge in [-0.05, 0) is 67.5 Å². The number of likely N-dealkylation sites (N-methyl/N-ethyl adjacent to an activating group) is 1. The van der Waals surface area contributed by atoms with Gasteiger partial charge in [-0.1, -0.05) is 34.6 Å². The summed E-state index contributed by atoms with van der Waals surface area (Å²) in [6, 6.07) is -0.254. The molecule has 256 valence electrons.